The van der Waals surface area contributed by atoms with Crippen molar-refractivity contribution in [3.05, 3.63) is 47.0 Å². The second-order valence-electron chi connectivity index (χ2n) is 6.13. The van der Waals surface area contributed by atoms with E-state index in [2.05, 4.69) is 30.9 Å². The van der Waals surface area contributed by atoms with E-state index in [1.807, 2.05) is 29.2 Å². The lowest BCUT2D eigenvalue weighted by atomic mass is 10.2. The summed E-state index contributed by atoms with van der Waals surface area (Å²) in [5, 5.41) is 0.733. The molecule has 0 atom stereocenters. The number of carbonyl (C=O) groups excluding carboxylic acids is 1. The summed E-state index contributed by atoms with van der Waals surface area (Å²) in [5.74, 6) is 0.792. The summed E-state index contributed by atoms with van der Waals surface area (Å²) in [6, 6.07) is 7.75. The molecule has 1 amide bonds. The topological polar surface area (TPSA) is 23.6 Å². The fourth-order valence-corrected chi connectivity index (χ4v) is 2.77. The molecule has 1 aromatic carbocycles. The third-order valence-electron chi connectivity index (χ3n) is 3.88. The summed E-state index contributed by atoms with van der Waals surface area (Å²) in [4.78, 5) is 16.6. The van der Waals surface area contributed by atoms with Crippen LogP contribution in [0.1, 0.15) is 25.8 Å². The second-order valence-corrected chi connectivity index (χ2v) is 6.54. The molecule has 22 heavy (non-hydrogen) atoms. The lowest BCUT2D eigenvalue weighted by molar-refractivity contribution is -0.130. The molecule has 0 radical (unpaired) electrons. The molecule has 0 aliphatic carbocycles. The third-order valence-corrected chi connectivity index (χ3v) is 4.25. The summed E-state index contributed by atoms with van der Waals surface area (Å²) in [7, 11) is 0. The zero-order chi connectivity index (χ0) is 15.9. The molecule has 0 saturated carbocycles. The number of nitrogens with zero attached hydrogens (tertiary/aromatic N) is 2. The quantitative estimate of drug-likeness (QED) is 0.774. The Labute approximate surface area is 138 Å². The Morgan fingerprint density at radius 2 is 2.00 bits per heavy atom. The maximum atomic E-state index is 12.3. The van der Waals surface area contributed by atoms with Crippen LogP contribution in [0, 0.1) is 5.92 Å². The van der Waals surface area contributed by atoms with E-state index in [9.17, 15) is 4.79 Å². The highest BCUT2D eigenvalue weighted by Gasteiger charge is 2.20. The highest BCUT2D eigenvalue weighted by molar-refractivity contribution is 6.31. The Bertz CT molecular complexity index is 528. The zero-order valence-electron chi connectivity index (χ0n) is 13.5. The van der Waals surface area contributed by atoms with Crippen molar-refractivity contribution in [3.8, 4) is 0 Å². The molecule has 0 spiro atoms. The molecule has 3 nitrogen and oxygen atoms in total. The van der Waals surface area contributed by atoms with Gasteiger partial charge in [-0.15, -0.1) is 0 Å². The van der Waals surface area contributed by atoms with Gasteiger partial charge in [0.05, 0.1) is 0 Å². The lowest BCUT2D eigenvalue weighted by Gasteiger charge is -2.22. The summed E-state index contributed by atoms with van der Waals surface area (Å²) < 4.78 is 0. The SMILES string of the molecule is CC(C)/C=C/CN1CCC(=O)N(Cc2ccccc2Cl)CC1. The fraction of sp³-hybridized carbons (Fsp3) is 0.500. The van der Waals surface area contributed by atoms with Crippen molar-refractivity contribution in [1.82, 2.24) is 9.80 Å². The first-order chi connectivity index (χ1) is 10.6. The van der Waals surface area contributed by atoms with E-state index in [0.29, 0.717) is 18.9 Å². The van der Waals surface area contributed by atoms with E-state index in [1.54, 1.807) is 0 Å². The minimum atomic E-state index is 0.218. The average Bonchev–Trinajstić information content (AvgIpc) is 2.65. The van der Waals surface area contributed by atoms with Gasteiger partial charge in [0.15, 0.2) is 0 Å². The van der Waals surface area contributed by atoms with Crippen LogP contribution in [0.5, 0.6) is 0 Å². The first-order valence-corrected chi connectivity index (χ1v) is 8.34. The molecule has 1 aromatic rings. The smallest absolute Gasteiger partial charge is 0.224 e. The van der Waals surface area contributed by atoms with Gasteiger partial charge >= 0.3 is 0 Å². The van der Waals surface area contributed by atoms with E-state index < -0.39 is 0 Å². The zero-order valence-corrected chi connectivity index (χ0v) is 14.2. The van der Waals surface area contributed by atoms with Crippen LogP contribution < -0.4 is 0 Å². The predicted molar refractivity (Wildman–Crippen MR) is 91.9 cm³/mol. The summed E-state index contributed by atoms with van der Waals surface area (Å²) >= 11 is 6.20. The number of halogens is 1. The van der Waals surface area contributed by atoms with Gasteiger partial charge in [-0.1, -0.05) is 55.8 Å². The number of allylic oxidation sites excluding steroid dienone is 1. The van der Waals surface area contributed by atoms with Gasteiger partial charge in [-0.2, -0.15) is 0 Å². The Kier molecular flexibility index (Phi) is 6.47. The Hall–Kier alpha value is -1.32. The number of amides is 1. The van der Waals surface area contributed by atoms with Crippen molar-refractivity contribution >= 4 is 17.5 Å². The molecule has 4 heteroatoms. The molecule has 1 saturated heterocycles. The Balaban J connectivity index is 1.92. The number of benzene rings is 1. The van der Waals surface area contributed by atoms with E-state index in [0.717, 1.165) is 36.8 Å². The van der Waals surface area contributed by atoms with Crippen LogP contribution in [0.4, 0.5) is 0 Å². The molecule has 0 unspecified atom stereocenters. The third kappa shape index (κ3) is 5.15. The van der Waals surface area contributed by atoms with E-state index in [-0.39, 0.29) is 5.91 Å². The summed E-state index contributed by atoms with van der Waals surface area (Å²) in [5.41, 5.74) is 1.02. The van der Waals surface area contributed by atoms with Gasteiger partial charge in [0.25, 0.3) is 0 Å². The molecule has 1 aliphatic rings. The minimum Gasteiger partial charge on any atom is -0.337 e. The van der Waals surface area contributed by atoms with Gasteiger partial charge in [0, 0.05) is 44.2 Å². The standard InChI is InChI=1S/C18H25ClN2O/c1-15(2)6-5-10-20-11-9-18(22)21(13-12-20)14-16-7-3-4-8-17(16)19/h3-8,15H,9-14H2,1-2H3/b6-5+. The summed E-state index contributed by atoms with van der Waals surface area (Å²) in [6.07, 6.45) is 5.01. The average molecular weight is 321 g/mol. The van der Waals surface area contributed by atoms with Crippen molar-refractivity contribution < 1.29 is 4.79 Å². The van der Waals surface area contributed by atoms with E-state index in [4.69, 9.17) is 11.6 Å². The molecule has 0 bridgehead atoms. The Morgan fingerprint density at radius 1 is 1.23 bits per heavy atom. The molecule has 1 fully saturated rings. The van der Waals surface area contributed by atoms with Gasteiger partial charge in [0.2, 0.25) is 5.91 Å². The molecule has 120 valence electrons. The molecule has 2 rings (SSSR count). The van der Waals surface area contributed by atoms with Crippen molar-refractivity contribution in [2.45, 2.75) is 26.8 Å². The molecule has 0 aromatic heterocycles. The van der Waals surface area contributed by atoms with Crippen LogP contribution in [0.2, 0.25) is 5.02 Å². The monoisotopic (exact) mass is 320 g/mol. The molecular formula is C18H25ClN2O. The van der Waals surface area contributed by atoms with Crippen LogP contribution in [-0.4, -0.2) is 41.9 Å². The minimum absolute atomic E-state index is 0.218. The van der Waals surface area contributed by atoms with E-state index in [1.165, 1.54) is 0 Å². The molecule has 0 N–H and O–H groups in total. The van der Waals surface area contributed by atoms with Crippen molar-refractivity contribution in [3.63, 3.8) is 0 Å². The van der Waals surface area contributed by atoms with Gasteiger partial charge < -0.3 is 4.90 Å². The van der Waals surface area contributed by atoms with Gasteiger partial charge in [-0.05, 0) is 17.5 Å². The first-order valence-electron chi connectivity index (χ1n) is 7.96. The molecule has 1 heterocycles. The largest absolute Gasteiger partial charge is 0.337 e. The van der Waals surface area contributed by atoms with Crippen molar-refractivity contribution in [1.29, 1.82) is 0 Å². The number of hydrogen-bond acceptors (Lipinski definition) is 2. The lowest BCUT2D eigenvalue weighted by Crippen LogP contribution is -2.33. The number of hydrogen-bond donors (Lipinski definition) is 0. The Morgan fingerprint density at radius 3 is 2.73 bits per heavy atom. The maximum Gasteiger partial charge on any atom is 0.224 e. The predicted octanol–water partition coefficient (Wildman–Crippen LogP) is 3.59. The van der Waals surface area contributed by atoms with Gasteiger partial charge in [-0.3, -0.25) is 9.69 Å². The number of carbonyl (C=O) groups is 1. The van der Waals surface area contributed by atoms with Crippen LogP contribution in [0.3, 0.4) is 0 Å². The fourth-order valence-electron chi connectivity index (χ4n) is 2.57. The first kappa shape index (κ1) is 17.0. The van der Waals surface area contributed by atoms with Crippen LogP contribution in [0.15, 0.2) is 36.4 Å². The molecule has 1 aliphatic heterocycles. The highest BCUT2D eigenvalue weighted by atomic mass is 35.5. The van der Waals surface area contributed by atoms with Gasteiger partial charge in [0.1, 0.15) is 0 Å². The maximum absolute atomic E-state index is 12.3. The summed E-state index contributed by atoms with van der Waals surface area (Å²) in [6.45, 7) is 8.39. The molecular weight excluding hydrogens is 296 g/mol. The van der Waals surface area contributed by atoms with Crippen molar-refractivity contribution in [2.24, 2.45) is 5.92 Å². The van der Waals surface area contributed by atoms with Crippen LogP contribution in [-0.2, 0) is 11.3 Å². The highest BCUT2D eigenvalue weighted by Crippen LogP contribution is 2.18. The number of rotatable bonds is 5. The second kappa shape index (κ2) is 8.35. The van der Waals surface area contributed by atoms with Crippen LogP contribution >= 0.6 is 11.6 Å². The normalized spacial score (nSPS) is 17.5. The van der Waals surface area contributed by atoms with Crippen LogP contribution in [0.25, 0.3) is 0 Å². The van der Waals surface area contributed by atoms with E-state index >= 15 is 0 Å². The van der Waals surface area contributed by atoms with Crippen molar-refractivity contribution in [2.75, 3.05) is 26.2 Å². The van der Waals surface area contributed by atoms with Gasteiger partial charge in [-0.25, -0.2) is 0 Å².